The summed E-state index contributed by atoms with van der Waals surface area (Å²) in [4.78, 5) is 10.7. The molecule has 1 unspecified atom stereocenters. The molecule has 0 bridgehead atoms. The smallest absolute Gasteiger partial charge is 0.310 e. The molecule has 1 aromatic rings. The molecule has 0 saturated carbocycles. The molecule has 0 aromatic carbocycles. The fourth-order valence-corrected chi connectivity index (χ4v) is 1.59. The second-order valence-electron chi connectivity index (χ2n) is 3.93. The van der Waals surface area contributed by atoms with Crippen LogP contribution in [0.15, 0.2) is 12.4 Å². The van der Waals surface area contributed by atoms with E-state index in [0.29, 0.717) is 6.54 Å². The van der Waals surface area contributed by atoms with Gasteiger partial charge in [-0.15, -0.1) is 0 Å². The summed E-state index contributed by atoms with van der Waals surface area (Å²) < 4.78 is 4.14. The number of rotatable bonds is 5. The van der Waals surface area contributed by atoms with Gasteiger partial charge in [0, 0.05) is 6.92 Å². The number of aliphatic carboxylic acids is 1. The molecule has 0 radical (unpaired) electrons. The van der Waals surface area contributed by atoms with E-state index in [4.69, 9.17) is 5.11 Å². The Kier molecular flexibility index (Phi) is 3.88. The lowest BCUT2D eigenvalue weighted by molar-refractivity contribution is -0.706. The topological polar surface area (TPSA) is 46.1 Å². The molecule has 0 aliphatic heterocycles. The van der Waals surface area contributed by atoms with Gasteiger partial charge in [-0.2, -0.15) is 0 Å². The molecule has 0 aliphatic rings. The Hall–Kier alpha value is -1.32. The van der Waals surface area contributed by atoms with Gasteiger partial charge in [-0.25, -0.2) is 9.13 Å². The zero-order valence-electron chi connectivity index (χ0n) is 9.60. The lowest BCUT2D eigenvalue weighted by Crippen LogP contribution is -2.40. The van der Waals surface area contributed by atoms with Crippen molar-refractivity contribution in [2.45, 2.75) is 40.3 Å². The Morgan fingerprint density at radius 2 is 2.33 bits per heavy atom. The minimum Gasteiger partial charge on any atom is -0.481 e. The van der Waals surface area contributed by atoms with Crippen LogP contribution in [0.5, 0.6) is 0 Å². The van der Waals surface area contributed by atoms with E-state index in [1.807, 2.05) is 23.9 Å². The van der Waals surface area contributed by atoms with Crippen LogP contribution < -0.4 is 4.57 Å². The number of hydrogen-bond acceptors (Lipinski definition) is 1. The van der Waals surface area contributed by atoms with Crippen molar-refractivity contribution < 1.29 is 14.5 Å². The number of aromatic nitrogens is 2. The molecule has 1 N–H and O–H groups in total. The van der Waals surface area contributed by atoms with Crippen molar-refractivity contribution in [2.24, 2.45) is 5.92 Å². The van der Waals surface area contributed by atoms with E-state index in [1.54, 1.807) is 6.92 Å². The van der Waals surface area contributed by atoms with Crippen LogP contribution in [-0.2, 0) is 17.9 Å². The summed E-state index contributed by atoms with van der Waals surface area (Å²) in [6, 6.07) is 0. The van der Waals surface area contributed by atoms with Crippen molar-refractivity contribution in [3.05, 3.63) is 18.2 Å². The highest BCUT2D eigenvalue weighted by molar-refractivity contribution is 5.69. The van der Waals surface area contributed by atoms with Gasteiger partial charge in [0.1, 0.15) is 18.9 Å². The first kappa shape index (κ1) is 11.8. The maximum absolute atomic E-state index is 10.7. The fourth-order valence-electron chi connectivity index (χ4n) is 1.59. The Morgan fingerprint density at radius 1 is 1.67 bits per heavy atom. The minimum absolute atomic E-state index is 0.342. The van der Waals surface area contributed by atoms with Crippen molar-refractivity contribution in [3.8, 4) is 0 Å². The van der Waals surface area contributed by atoms with E-state index in [-0.39, 0.29) is 5.92 Å². The maximum Gasteiger partial charge on any atom is 0.310 e. The lowest BCUT2D eigenvalue weighted by atomic mass is 10.2. The van der Waals surface area contributed by atoms with Gasteiger partial charge in [0.25, 0.3) is 5.82 Å². The quantitative estimate of drug-likeness (QED) is 0.744. The third-order valence-electron chi connectivity index (χ3n) is 2.61. The fraction of sp³-hybridized carbons (Fsp3) is 0.636. The summed E-state index contributed by atoms with van der Waals surface area (Å²) in [6.45, 7) is 7.40. The number of carbonyl (C=O) groups is 1. The van der Waals surface area contributed by atoms with Gasteiger partial charge in [-0.1, -0.05) is 6.92 Å². The summed E-state index contributed by atoms with van der Waals surface area (Å²) in [7, 11) is 0. The standard InChI is InChI=1S/C11H18N2O2/c1-4-5-12-6-7-13(10(12)3)8-9(2)11(14)15/h6-7,9H,4-5,8H2,1-3H3/p+1. The first-order valence-corrected chi connectivity index (χ1v) is 5.34. The Morgan fingerprint density at radius 3 is 2.87 bits per heavy atom. The number of carboxylic acid groups (broad SMARTS) is 1. The zero-order valence-corrected chi connectivity index (χ0v) is 9.60. The highest BCUT2D eigenvalue weighted by Crippen LogP contribution is 1.99. The molecule has 1 rings (SSSR count). The first-order valence-electron chi connectivity index (χ1n) is 5.34. The molecule has 0 saturated heterocycles. The molecule has 0 fully saturated rings. The minimum atomic E-state index is -0.745. The normalized spacial score (nSPS) is 12.7. The molecule has 15 heavy (non-hydrogen) atoms. The predicted octanol–water partition coefficient (Wildman–Crippen LogP) is 1.21. The monoisotopic (exact) mass is 211 g/mol. The van der Waals surface area contributed by atoms with Crippen LogP contribution in [-0.4, -0.2) is 15.6 Å². The summed E-state index contributed by atoms with van der Waals surface area (Å²) in [5, 5.41) is 8.82. The number of aryl methyl sites for hydroxylation is 1. The molecule has 0 aliphatic carbocycles. The third kappa shape index (κ3) is 2.81. The predicted molar refractivity (Wildman–Crippen MR) is 56.5 cm³/mol. The van der Waals surface area contributed by atoms with Crippen LogP contribution in [0.3, 0.4) is 0 Å². The summed E-state index contributed by atoms with van der Waals surface area (Å²) in [5.74, 6) is 0.0290. The van der Waals surface area contributed by atoms with E-state index >= 15 is 0 Å². The van der Waals surface area contributed by atoms with E-state index in [0.717, 1.165) is 18.8 Å². The second kappa shape index (κ2) is 4.96. The van der Waals surface area contributed by atoms with Gasteiger partial charge < -0.3 is 5.11 Å². The maximum atomic E-state index is 10.7. The van der Waals surface area contributed by atoms with Crippen LogP contribution >= 0.6 is 0 Å². The Labute approximate surface area is 90.2 Å². The molecule has 0 spiro atoms. The third-order valence-corrected chi connectivity index (χ3v) is 2.61. The van der Waals surface area contributed by atoms with Crippen LogP contribution in [0.4, 0.5) is 0 Å². The molecule has 84 valence electrons. The Bertz CT molecular complexity index is 344. The molecule has 1 aromatic heterocycles. The van der Waals surface area contributed by atoms with Gasteiger partial charge in [-0.3, -0.25) is 4.79 Å². The lowest BCUT2D eigenvalue weighted by Gasteiger charge is -2.04. The number of imidazole rings is 1. The molecule has 4 nitrogen and oxygen atoms in total. The highest BCUT2D eigenvalue weighted by atomic mass is 16.4. The molecular weight excluding hydrogens is 192 g/mol. The van der Waals surface area contributed by atoms with Gasteiger partial charge >= 0.3 is 5.97 Å². The second-order valence-corrected chi connectivity index (χ2v) is 3.93. The zero-order chi connectivity index (χ0) is 11.4. The summed E-state index contributed by atoms with van der Waals surface area (Å²) in [5.41, 5.74) is 0. The van der Waals surface area contributed by atoms with Crippen molar-refractivity contribution >= 4 is 5.97 Å². The summed E-state index contributed by atoms with van der Waals surface area (Å²) >= 11 is 0. The van der Waals surface area contributed by atoms with Gasteiger partial charge in [0.15, 0.2) is 0 Å². The molecule has 1 atom stereocenters. The molecular formula is C11H19N2O2+. The van der Waals surface area contributed by atoms with Crippen molar-refractivity contribution in [1.82, 2.24) is 4.57 Å². The van der Waals surface area contributed by atoms with Gasteiger partial charge in [0.2, 0.25) is 0 Å². The largest absolute Gasteiger partial charge is 0.481 e. The molecule has 0 amide bonds. The van der Waals surface area contributed by atoms with Crippen molar-refractivity contribution in [2.75, 3.05) is 0 Å². The summed E-state index contributed by atoms with van der Waals surface area (Å²) in [6.07, 6.45) is 5.04. The molecule has 4 heteroatoms. The van der Waals surface area contributed by atoms with Crippen LogP contribution in [0, 0.1) is 12.8 Å². The number of carboxylic acids is 1. The Balaban J connectivity index is 2.74. The van der Waals surface area contributed by atoms with Crippen molar-refractivity contribution in [1.29, 1.82) is 0 Å². The van der Waals surface area contributed by atoms with E-state index in [1.165, 1.54) is 0 Å². The van der Waals surface area contributed by atoms with Gasteiger partial charge in [0.05, 0.1) is 12.5 Å². The first-order chi connectivity index (χ1) is 7.06. The number of nitrogens with zero attached hydrogens (tertiary/aromatic N) is 2. The van der Waals surface area contributed by atoms with E-state index < -0.39 is 5.97 Å². The molecule has 1 heterocycles. The van der Waals surface area contributed by atoms with E-state index in [2.05, 4.69) is 11.5 Å². The van der Waals surface area contributed by atoms with Gasteiger partial charge in [-0.05, 0) is 13.3 Å². The van der Waals surface area contributed by atoms with Crippen LogP contribution in [0.2, 0.25) is 0 Å². The van der Waals surface area contributed by atoms with Crippen molar-refractivity contribution in [3.63, 3.8) is 0 Å². The number of hydrogen-bond donors (Lipinski definition) is 1. The average molecular weight is 211 g/mol. The van der Waals surface area contributed by atoms with Crippen LogP contribution in [0.1, 0.15) is 26.1 Å². The highest BCUT2D eigenvalue weighted by Gasteiger charge is 2.18. The SMILES string of the molecule is CCCn1cc[n+](CC(C)C(=O)O)c1C. The van der Waals surface area contributed by atoms with E-state index in [9.17, 15) is 4.79 Å². The average Bonchev–Trinajstić information content (AvgIpc) is 2.50. The van der Waals surface area contributed by atoms with Crippen LogP contribution in [0.25, 0.3) is 0 Å².